The van der Waals surface area contributed by atoms with Crippen LogP contribution in [0.25, 0.3) is 0 Å². The molecule has 39 heavy (non-hydrogen) atoms. The van der Waals surface area contributed by atoms with E-state index >= 15 is 0 Å². The van der Waals surface area contributed by atoms with Crippen LogP contribution in [0.3, 0.4) is 0 Å². The molecule has 3 atom stereocenters. The van der Waals surface area contributed by atoms with Crippen molar-refractivity contribution in [3.05, 3.63) is 126 Å². The van der Waals surface area contributed by atoms with Crippen LogP contribution in [0.1, 0.15) is 17.2 Å². The van der Waals surface area contributed by atoms with Crippen LogP contribution >= 0.6 is 0 Å². The molecule has 0 saturated carbocycles. The summed E-state index contributed by atoms with van der Waals surface area (Å²) in [4.78, 5) is 34.7. The number of para-hydroxylation sites is 2. The molecule has 196 valence electrons. The first-order valence-electron chi connectivity index (χ1n) is 12.4. The Morgan fingerprint density at radius 1 is 0.718 bits per heavy atom. The zero-order chi connectivity index (χ0) is 27.0. The molecule has 6 rings (SSSR count). The lowest BCUT2D eigenvalue weighted by Crippen LogP contribution is -2.37. The minimum absolute atomic E-state index is 0.00132. The summed E-state index contributed by atoms with van der Waals surface area (Å²) in [5, 5.41) is 1.52. The van der Waals surface area contributed by atoms with E-state index in [9.17, 15) is 18.0 Å². The van der Waals surface area contributed by atoms with E-state index in [1.807, 2.05) is 48.5 Å². The third-order valence-corrected chi connectivity index (χ3v) is 8.12. The monoisotopic (exact) mass is 540 g/mol. The molecule has 9 heteroatoms. The molecule has 2 fully saturated rings. The summed E-state index contributed by atoms with van der Waals surface area (Å²) < 4.78 is 31.9. The van der Waals surface area contributed by atoms with Crippen LogP contribution in [-0.4, -0.2) is 31.2 Å². The highest BCUT2D eigenvalue weighted by molar-refractivity contribution is 7.87. The van der Waals surface area contributed by atoms with Gasteiger partial charge in [-0.3, -0.25) is 19.3 Å². The van der Waals surface area contributed by atoms with Crippen LogP contribution in [0, 0.1) is 5.92 Å². The van der Waals surface area contributed by atoms with Crippen molar-refractivity contribution in [2.45, 2.75) is 23.6 Å². The summed E-state index contributed by atoms with van der Waals surface area (Å²) >= 11 is 0. The molecule has 2 aliphatic rings. The number of likely N-dealkylation sites (tertiary alicyclic amines) is 1. The predicted octanol–water partition coefficient (Wildman–Crippen LogP) is 4.50. The van der Waals surface area contributed by atoms with Gasteiger partial charge < -0.3 is 4.18 Å². The Balaban J connectivity index is 1.41. The molecule has 8 nitrogen and oxygen atoms in total. The third kappa shape index (κ3) is 4.56. The van der Waals surface area contributed by atoms with Gasteiger partial charge in [0.25, 0.3) is 5.91 Å². The van der Waals surface area contributed by atoms with E-state index in [1.165, 1.54) is 28.2 Å². The predicted molar refractivity (Wildman–Crippen MR) is 143 cm³/mol. The number of rotatable bonds is 7. The fraction of sp³-hybridized carbons (Fsp3) is 0.133. The lowest BCUT2D eigenvalue weighted by molar-refractivity contribution is -0.143. The molecule has 0 bridgehead atoms. The van der Waals surface area contributed by atoms with Crippen LogP contribution < -0.4 is 9.25 Å². The molecule has 0 radical (unpaired) electrons. The number of hydrogen-bond acceptors (Lipinski definition) is 7. The number of benzene rings is 4. The molecular formula is C30H24N2O6S. The number of carbonyl (C=O) groups is 2. The fourth-order valence-corrected chi connectivity index (χ4v) is 6.04. The molecule has 0 unspecified atom stereocenters. The Bertz CT molecular complexity index is 1610. The molecule has 2 amide bonds. The van der Waals surface area contributed by atoms with E-state index in [4.69, 9.17) is 9.02 Å². The maximum absolute atomic E-state index is 13.8. The number of carbonyl (C=O) groups excluding carboxylic acids is 2. The van der Waals surface area contributed by atoms with E-state index in [1.54, 1.807) is 48.5 Å². The summed E-state index contributed by atoms with van der Waals surface area (Å²) in [5.74, 6) is -1.69. The molecule has 2 saturated heterocycles. The zero-order valence-corrected chi connectivity index (χ0v) is 21.5. The minimum atomic E-state index is -4.17. The second-order valence-electron chi connectivity index (χ2n) is 9.29. The standard InChI is InChI=1S/C30H24N2O6S/c33-29-26-27(24-18-10-11-19-25(24)38-39(35,36)23-16-8-3-9-17-23)32(22-14-6-2-7-15-22)37-28(26)30(34)31(29)20-21-12-4-1-5-13-21/h1-19,26-28H,20H2/t26-,27-,28+/m0/s1. The Hall–Kier alpha value is -4.47. The van der Waals surface area contributed by atoms with Gasteiger partial charge in [0.05, 0.1) is 18.3 Å². The summed E-state index contributed by atoms with van der Waals surface area (Å²) in [6, 6.07) is 32.0. The van der Waals surface area contributed by atoms with Crippen molar-refractivity contribution in [1.82, 2.24) is 4.90 Å². The molecule has 0 aliphatic carbocycles. The van der Waals surface area contributed by atoms with Gasteiger partial charge in [-0.25, -0.2) is 5.06 Å². The van der Waals surface area contributed by atoms with Crippen LogP contribution in [-0.2, 0) is 31.1 Å². The highest BCUT2D eigenvalue weighted by atomic mass is 32.2. The average molecular weight is 541 g/mol. The normalized spacial score (nSPS) is 20.8. The number of hydroxylamine groups is 1. The Morgan fingerprint density at radius 3 is 2.00 bits per heavy atom. The lowest BCUT2D eigenvalue weighted by Gasteiger charge is -2.29. The fourth-order valence-electron chi connectivity index (χ4n) is 5.06. The van der Waals surface area contributed by atoms with Gasteiger partial charge in [-0.1, -0.05) is 84.9 Å². The average Bonchev–Trinajstić information content (AvgIpc) is 3.46. The quantitative estimate of drug-likeness (QED) is 0.252. The first-order valence-corrected chi connectivity index (χ1v) is 13.8. The van der Waals surface area contributed by atoms with Crippen molar-refractivity contribution in [3.8, 4) is 5.75 Å². The molecule has 0 aromatic heterocycles. The molecule has 2 aliphatic heterocycles. The van der Waals surface area contributed by atoms with Crippen LogP contribution in [0.4, 0.5) is 5.69 Å². The summed E-state index contributed by atoms with van der Waals surface area (Å²) in [6.45, 7) is 0.119. The van der Waals surface area contributed by atoms with E-state index in [0.717, 1.165) is 5.56 Å². The van der Waals surface area contributed by atoms with Gasteiger partial charge in [-0.05, 0) is 35.9 Å². The molecule has 2 heterocycles. The van der Waals surface area contributed by atoms with Crippen molar-refractivity contribution in [2.24, 2.45) is 5.92 Å². The topological polar surface area (TPSA) is 93.2 Å². The van der Waals surface area contributed by atoms with Crippen molar-refractivity contribution in [1.29, 1.82) is 0 Å². The van der Waals surface area contributed by atoms with Crippen molar-refractivity contribution >= 4 is 27.6 Å². The van der Waals surface area contributed by atoms with Gasteiger partial charge in [-0.15, -0.1) is 0 Å². The molecule has 0 spiro atoms. The largest absolute Gasteiger partial charge is 0.379 e. The maximum Gasteiger partial charge on any atom is 0.339 e. The van der Waals surface area contributed by atoms with Gasteiger partial charge in [0.2, 0.25) is 5.91 Å². The summed E-state index contributed by atoms with van der Waals surface area (Å²) in [5.41, 5.74) is 1.84. The van der Waals surface area contributed by atoms with Gasteiger partial charge >= 0.3 is 10.1 Å². The number of hydrogen-bond donors (Lipinski definition) is 0. The lowest BCUT2D eigenvalue weighted by atomic mass is 9.90. The van der Waals surface area contributed by atoms with Crippen LogP contribution in [0.15, 0.2) is 120 Å². The van der Waals surface area contributed by atoms with Crippen LogP contribution in [0.2, 0.25) is 0 Å². The number of fused-ring (bicyclic) bond motifs is 1. The Labute approximate surface area is 226 Å². The van der Waals surface area contributed by atoms with Gasteiger partial charge in [0, 0.05) is 5.56 Å². The van der Waals surface area contributed by atoms with E-state index in [-0.39, 0.29) is 17.2 Å². The van der Waals surface area contributed by atoms with Gasteiger partial charge in [-0.2, -0.15) is 8.42 Å². The van der Waals surface area contributed by atoms with Crippen LogP contribution in [0.5, 0.6) is 5.75 Å². The molecule has 0 N–H and O–H groups in total. The van der Waals surface area contributed by atoms with Gasteiger partial charge in [0.1, 0.15) is 16.6 Å². The number of amides is 2. The first-order chi connectivity index (χ1) is 18.9. The van der Waals surface area contributed by atoms with E-state index in [0.29, 0.717) is 11.3 Å². The third-order valence-electron chi connectivity index (χ3n) is 6.87. The maximum atomic E-state index is 13.8. The minimum Gasteiger partial charge on any atom is -0.379 e. The molecule has 4 aromatic rings. The highest BCUT2D eigenvalue weighted by Crippen LogP contribution is 2.49. The SMILES string of the molecule is O=C1[C@@H]2[C@@H](ON(c3ccccc3)[C@H]2c2ccccc2OS(=O)(=O)c2ccccc2)C(=O)N1Cc1ccccc1. The van der Waals surface area contributed by atoms with E-state index < -0.39 is 40.0 Å². The highest BCUT2D eigenvalue weighted by Gasteiger charge is 2.60. The zero-order valence-electron chi connectivity index (χ0n) is 20.7. The molecule has 4 aromatic carbocycles. The second kappa shape index (κ2) is 10.0. The van der Waals surface area contributed by atoms with Crippen molar-refractivity contribution < 1.29 is 27.0 Å². The Kier molecular flexibility index (Phi) is 6.38. The number of nitrogens with zero attached hydrogens (tertiary/aromatic N) is 2. The van der Waals surface area contributed by atoms with Gasteiger partial charge in [0.15, 0.2) is 6.10 Å². The number of imide groups is 1. The summed E-state index contributed by atoms with van der Waals surface area (Å²) in [6.07, 6.45) is -1.06. The molecular weight excluding hydrogens is 516 g/mol. The van der Waals surface area contributed by atoms with E-state index in [2.05, 4.69) is 0 Å². The van der Waals surface area contributed by atoms with Crippen molar-refractivity contribution in [2.75, 3.05) is 5.06 Å². The van der Waals surface area contributed by atoms with Crippen molar-refractivity contribution in [3.63, 3.8) is 0 Å². The smallest absolute Gasteiger partial charge is 0.339 e. The first kappa shape index (κ1) is 24.8. The summed E-state index contributed by atoms with van der Waals surface area (Å²) in [7, 11) is -4.17. The number of anilines is 1. The Morgan fingerprint density at radius 2 is 1.31 bits per heavy atom. The second-order valence-corrected chi connectivity index (χ2v) is 10.8.